The Balaban J connectivity index is 2.40. The van der Waals surface area contributed by atoms with Crippen molar-refractivity contribution in [1.82, 2.24) is 0 Å². The number of halogens is 1. The second-order valence-corrected chi connectivity index (χ2v) is 4.76. The van der Waals surface area contributed by atoms with Crippen LogP contribution < -0.4 is 0 Å². The number of rotatable bonds is 6. The average molecular weight is 240 g/mol. The molecule has 1 N–H and O–H groups in total. The fourth-order valence-corrected chi connectivity index (χ4v) is 2.15. The molecule has 0 amide bonds. The topological polar surface area (TPSA) is 20.2 Å². The van der Waals surface area contributed by atoms with Gasteiger partial charge in [0.25, 0.3) is 0 Å². The van der Waals surface area contributed by atoms with Crippen molar-refractivity contribution in [1.29, 1.82) is 0 Å². The molecule has 1 rings (SSSR count). The lowest BCUT2D eigenvalue weighted by Crippen LogP contribution is -2.10. The van der Waals surface area contributed by atoms with Gasteiger partial charge in [-0.05, 0) is 25.0 Å². The molecule has 1 aromatic carbocycles. The number of benzene rings is 1. The molecule has 0 heterocycles. The van der Waals surface area contributed by atoms with Gasteiger partial charge in [0.2, 0.25) is 0 Å². The molecule has 0 aliphatic heterocycles. The molecule has 0 saturated carbocycles. The van der Waals surface area contributed by atoms with E-state index in [1.54, 1.807) is 18.2 Å². The minimum atomic E-state index is -0.447. The first-order valence-electron chi connectivity index (χ1n) is 5.35. The van der Waals surface area contributed by atoms with E-state index in [-0.39, 0.29) is 5.82 Å². The van der Waals surface area contributed by atoms with Gasteiger partial charge in [-0.1, -0.05) is 31.2 Å². The lowest BCUT2D eigenvalue weighted by atomic mass is 10.1. The fourth-order valence-electron chi connectivity index (χ4n) is 1.28. The third kappa shape index (κ3) is 4.37. The Bertz CT molecular complexity index is 352. The summed E-state index contributed by atoms with van der Waals surface area (Å²) < 4.78 is 13.2. The van der Waals surface area contributed by atoms with Crippen LogP contribution in [0.5, 0.6) is 0 Å². The number of hydrogen-bond acceptors (Lipinski definition) is 2. The number of aliphatic hydroxyl groups is 1. The number of hydrogen-bond donors (Lipinski definition) is 1. The van der Waals surface area contributed by atoms with Crippen LogP contribution >= 0.6 is 11.8 Å². The van der Waals surface area contributed by atoms with Crippen LogP contribution in [0.1, 0.15) is 19.8 Å². The Labute approximate surface area is 100 Å². The monoisotopic (exact) mass is 240 g/mol. The predicted molar refractivity (Wildman–Crippen MR) is 67.2 cm³/mol. The van der Waals surface area contributed by atoms with Gasteiger partial charge < -0.3 is 5.11 Å². The highest BCUT2D eigenvalue weighted by Crippen LogP contribution is 2.23. The van der Waals surface area contributed by atoms with Crippen molar-refractivity contribution in [3.05, 3.63) is 42.2 Å². The standard InChI is InChI=1S/C13H17FOS/c1-3-10(2)8-11(15)9-16-13-7-5-4-6-12(13)14/h4-7,11,15H,2-3,8-9H2,1H3. The van der Waals surface area contributed by atoms with Gasteiger partial charge in [0, 0.05) is 10.6 Å². The first kappa shape index (κ1) is 13.3. The maximum absolute atomic E-state index is 13.2. The molecule has 1 nitrogen and oxygen atoms in total. The van der Waals surface area contributed by atoms with Gasteiger partial charge in [-0.3, -0.25) is 0 Å². The van der Waals surface area contributed by atoms with Crippen molar-refractivity contribution in [3.63, 3.8) is 0 Å². The fraction of sp³-hybridized carbons (Fsp3) is 0.385. The SMILES string of the molecule is C=C(CC)CC(O)CSc1ccccc1F. The highest BCUT2D eigenvalue weighted by atomic mass is 32.2. The second-order valence-electron chi connectivity index (χ2n) is 3.70. The summed E-state index contributed by atoms with van der Waals surface area (Å²) in [7, 11) is 0. The Hall–Kier alpha value is -0.800. The van der Waals surface area contributed by atoms with Gasteiger partial charge >= 0.3 is 0 Å². The van der Waals surface area contributed by atoms with E-state index in [9.17, 15) is 9.50 Å². The summed E-state index contributed by atoms with van der Waals surface area (Å²) in [4.78, 5) is 0.587. The van der Waals surface area contributed by atoms with E-state index in [0.29, 0.717) is 17.1 Å². The van der Waals surface area contributed by atoms with Crippen molar-refractivity contribution < 1.29 is 9.50 Å². The minimum Gasteiger partial charge on any atom is -0.392 e. The zero-order valence-electron chi connectivity index (χ0n) is 9.45. The molecular weight excluding hydrogens is 223 g/mol. The third-order valence-corrected chi connectivity index (χ3v) is 3.49. The summed E-state index contributed by atoms with van der Waals surface area (Å²) in [6, 6.07) is 6.61. The summed E-state index contributed by atoms with van der Waals surface area (Å²) in [6.45, 7) is 5.86. The molecule has 0 aliphatic rings. The van der Waals surface area contributed by atoms with Gasteiger partial charge in [0.05, 0.1) is 6.10 Å². The largest absolute Gasteiger partial charge is 0.392 e. The smallest absolute Gasteiger partial charge is 0.136 e. The highest BCUT2D eigenvalue weighted by Gasteiger charge is 2.08. The quantitative estimate of drug-likeness (QED) is 0.605. The van der Waals surface area contributed by atoms with Crippen molar-refractivity contribution in [3.8, 4) is 0 Å². The Morgan fingerprint density at radius 2 is 2.19 bits per heavy atom. The third-order valence-electron chi connectivity index (χ3n) is 2.29. The molecule has 0 radical (unpaired) electrons. The molecule has 0 fully saturated rings. The van der Waals surface area contributed by atoms with Crippen LogP contribution in [-0.2, 0) is 0 Å². The van der Waals surface area contributed by atoms with E-state index in [1.165, 1.54) is 17.8 Å². The van der Waals surface area contributed by atoms with E-state index in [1.807, 2.05) is 6.92 Å². The first-order valence-corrected chi connectivity index (χ1v) is 6.34. The molecule has 88 valence electrons. The average Bonchev–Trinajstić information content (AvgIpc) is 2.28. The molecule has 0 aliphatic carbocycles. The highest BCUT2D eigenvalue weighted by molar-refractivity contribution is 7.99. The first-order chi connectivity index (χ1) is 7.63. The van der Waals surface area contributed by atoms with Gasteiger partial charge in [-0.2, -0.15) is 0 Å². The van der Waals surface area contributed by atoms with Crippen molar-refractivity contribution >= 4 is 11.8 Å². The zero-order chi connectivity index (χ0) is 12.0. The van der Waals surface area contributed by atoms with Gasteiger partial charge in [-0.25, -0.2) is 4.39 Å². The van der Waals surface area contributed by atoms with Crippen LogP contribution in [0.3, 0.4) is 0 Å². The second kappa shape index (κ2) is 6.71. The van der Waals surface area contributed by atoms with Crippen molar-refractivity contribution in [2.75, 3.05) is 5.75 Å². The van der Waals surface area contributed by atoms with Crippen LogP contribution in [0.25, 0.3) is 0 Å². The van der Waals surface area contributed by atoms with Crippen LogP contribution in [0.4, 0.5) is 4.39 Å². The maximum Gasteiger partial charge on any atom is 0.136 e. The van der Waals surface area contributed by atoms with Crippen LogP contribution in [0.15, 0.2) is 41.3 Å². The molecule has 1 atom stereocenters. The molecule has 0 saturated heterocycles. The van der Waals surface area contributed by atoms with E-state index in [2.05, 4.69) is 6.58 Å². The van der Waals surface area contributed by atoms with Gasteiger partial charge in [0.15, 0.2) is 0 Å². The summed E-state index contributed by atoms with van der Waals surface area (Å²) in [5.74, 6) is 0.272. The maximum atomic E-state index is 13.2. The number of thioether (sulfide) groups is 1. The van der Waals surface area contributed by atoms with E-state index < -0.39 is 6.10 Å². The predicted octanol–water partition coefficient (Wildman–Crippen LogP) is 3.64. The van der Waals surface area contributed by atoms with E-state index >= 15 is 0 Å². The Kier molecular flexibility index (Phi) is 5.56. The lowest BCUT2D eigenvalue weighted by Gasteiger charge is -2.11. The molecule has 16 heavy (non-hydrogen) atoms. The normalized spacial score (nSPS) is 12.4. The van der Waals surface area contributed by atoms with Crippen LogP contribution in [-0.4, -0.2) is 17.0 Å². The summed E-state index contributed by atoms with van der Waals surface area (Å²) in [6.07, 6.45) is 1.02. The zero-order valence-corrected chi connectivity index (χ0v) is 10.3. The van der Waals surface area contributed by atoms with Crippen molar-refractivity contribution in [2.45, 2.75) is 30.8 Å². The van der Waals surface area contributed by atoms with Gasteiger partial charge in [0.1, 0.15) is 5.82 Å². The van der Waals surface area contributed by atoms with Crippen LogP contribution in [0, 0.1) is 5.82 Å². The summed E-state index contributed by atoms with van der Waals surface area (Å²) in [5, 5.41) is 9.70. The molecule has 3 heteroatoms. The Morgan fingerprint density at radius 1 is 1.50 bits per heavy atom. The molecule has 0 bridgehead atoms. The minimum absolute atomic E-state index is 0.228. The van der Waals surface area contributed by atoms with Crippen LogP contribution in [0.2, 0.25) is 0 Å². The summed E-state index contributed by atoms with van der Waals surface area (Å²) in [5.41, 5.74) is 1.03. The Morgan fingerprint density at radius 3 is 2.81 bits per heavy atom. The molecule has 1 aromatic rings. The molecule has 1 unspecified atom stereocenters. The number of aliphatic hydroxyl groups excluding tert-OH is 1. The van der Waals surface area contributed by atoms with Crippen molar-refractivity contribution in [2.24, 2.45) is 0 Å². The molecular formula is C13H17FOS. The molecule has 0 spiro atoms. The van der Waals surface area contributed by atoms with Gasteiger partial charge in [-0.15, -0.1) is 11.8 Å². The van der Waals surface area contributed by atoms with E-state index in [0.717, 1.165) is 12.0 Å². The molecule has 0 aromatic heterocycles. The van der Waals surface area contributed by atoms with E-state index in [4.69, 9.17) is 0 Å². The summed E-state index contributed by atoms with van der Waals surface area (Å²) >= 11 is 1.34. The lowest BCUT2D eigenvalue weighted by molar-refractivity contribution is 0.199.